The van der Waals surface area contributed by atoms with E-state index >= 15 is 0 Å². The average molecular weight is 242 g/mol. The Balaban J connectivity index is 3.17. The van der Waals surface area contributed by atoms with E-state index in [-0.39, 0.29) is 5.41 Å². The summed E-state index contributed by atoms with van der Waals surface area (Å²) in [6.45, 7) is 6.38. The van der Waals surface area contributed by atoms with E-state index in [1.807, 2.05) is 12.1 Å². The minimum absolute atomic E-state index is 0.101. The van der Waals surface area contributed by atoms with Crippen LogP contribution in [0.1, 0.15) is 26.3 Å². The van der Waals surface area contributed by atoms with Crippen molar-refractivity contribution in [3.63, 3.8) is 0 Å². The predicted octanol–water partition coefficient (Wildman–Crippen LogP) is 4.14. The zero-order valence-corrected chi connectivity index (χ0v) is 9.55. The smallest absolute Gasteiger partial charge is 0.122 e. The molecule has 1 aromatic rings. The minimum Gasteiger partial charge on any atom is -0.145 e. The summed E-state index contributed by atoms with van der Waals surface area (Å²) in [6.07, 6.45) is 0. The molecule has 0 radical (unpaired) electrons. The van der Waals surface area contributed by atoms with Gasteiger partial charge in [-0.2, -0.15) is 0 Å². The fourth-order valence-corrected chi connectivity index (χ4v) is 1.50. The van der Waals surface area contributed by atoms with Gasteiger partial charge in [-0.05, 0) is 44.2 Å². The second-order valence-electron chi connectivity index (χ2n) is 4.01. The molecule has 1 rings (SSSR count). The van der Waals surface area contributed by atoms with E-state index in [0.29, 0.717) is 5.69 Å². The lowest BCUT2D eigenvalue weighted by Gasteiger charge is -2.19. The largest absolute Gasteiger partial charge is 0.145 e. The Morgan fingerprint density at radius 2 is 1.92 bits per heavy atom. The zero-order chi connectivity index (χ0) is 10.1. The van der Waals surface area contributed by atoms with Gasteiger partial charge in [0, 0.05) is 4.47 Å². The van der Waals surface area contributed by atoms with Crippen LogP contribution in [-0.4, -0.2) is 0 Å². The van der Waals surface area contributed by atoms with E-state index in [4.69, 9.17) is 0 Å². The van der Waals surface area contributed by atoms with E-state index in [1.54, 1.807) is 6.07 Å². The van der Waals surface area contributed by atoms with Gasteiger partial charge in [0.05, 0.1) is 0 Å². The lowest BCUT2D eigenvalue weighted by Crippen LogP contribution is -2.10. The highest BCUT2D eigenvalue weighted by Crippen LogP contribution is 2.31. The molecule has 0 amide bonds. The average Bonchev–Trinajstić information content (AvgIpc) is 2.02. The molecule has 0 unspecified atom stereocenters. The minimum atomic E-state index is 0.101. The molecule has 13 heavy (non-hydrogen) atoms. The highest BCUT2D eigenvalue weighted by Gasteiger charge is 2.14. The fourth-order valence-electron chi connectivity index (χ4n) is 1.05. The molecule has 1 aromatic carbocycles. The Bertz CT molecular complexity index is 328. The molecule has 0 aliphatic rings. The van der Waals surface area contributed by atoms with Gasteiger partial charge in [0.25, 0.3) is 0 Å². The standard InChI is InChI=1S/C10H12BrNO/c1-10(2,3)7-4-5-9(12-13)8(11)6-7/h4-6H,1-3H3. The molecular weight excluding hydrogens is 230 g/mol. The summed E-state index contributed by atoms with van der Waals surface area (Å²) < 4.78 is 0.759. The van der Waals surface area contributed by atoms with Gasteiger partial charge in [-0.15, -0.1) is 4.91 Å². The van der Waals surface area contributed by atoms with Gasteiger partial charge >= 0.3 is 0 Å². The summed E-state index contributed by atoms with van der Waals surface area (Å²) in [5.41, 5.74) is 1.74. The van der Waals surface area contributed by atoms with Gasteiger partial charge in [0.15, 0.2) is 0 Å². The molecule has 0 heterocycles. The van der Waals surface area contributed by atoms with Gasteiger partial charge in [-0.25, -0.2) is 0 Å². The Hall–Kier alpha value is -0.700. The number of rotatable bonds is 1. The topological polar surface area (TPSA) is 29.4 Å². The molecular formula is C10H12BrNO. The highest BCUT2D eigenvalue weighted by molar-refractivity contribution is 9.10. The maximum Gasteiger partial charge on any atom is 0.122 e. The van der Waals surface area contributed by atoms with Crippen LogP contribution >= 0.6 is 15.9 Å². The van der Waals surface area contributed by atoms with Crippen LogP contribution in [-0.2, 0) is 5.41 Å². The molecule has 0 saturated carbocycles. The summed E-state index contributed by atoms with van der Waals surface area (Å²) >= 11 is 3.31. The van der Waals surface area contributed by atoms with E-state index < -0.39 is 0 Å². The van der Waals surface area contributed by atoms with Gasteiger partial charge < -0.3 is 0 Å². The van der Waals surface area contributed by atoms with Crippen LogP contribution in [0.5, 0.6) is 0 Å². The first-order valence-electron chi connectivity index (χ1n) is 4.08. The number of nitroso groups, excluding NO2 is 1. The normalized spacial score (nSPS) is 11.4. The summed E-state index contributed by atoms with van der Waals surface area (Å²) in [5, 5.41) is 2.90. The first-order valence-corrected chi connectivity index (χ1v) is 4.88. The Morgan fingerprint density at radius 3 is 2.31 bits per heavy atom. The van der Waals surface area contributed by atoms with E-state index in [9.17, 15) is 4.91 Å². The molecule has 0 atom stereocenters. The first kappa shape index (κ1) is 10.4. The maximum absolute atomic E-state index is 10.3. The molecule has 0 fully saturated rings. The lowest BCUT2D eigenvalue weighted by molar-refractivity contribution is 0.590. The summed E-state index contributed by atoms with van der Waals surface area (Å²) in [7, 11) is 0. The van der Waals surface area contributed by atoms with Gasteiger partial charge in [-0.1, -0.05) is 26.8 Å². The van der Waals surface area contributed by atoms with Crippen LogP contribution in [0, 0.1) is 4.91 Å². The van der Waals surface area contributed by atoms with Crippen molar-refractivity contribution in [2.45, 2.75) is 26.2 Å². The third-order valence-electron chi connectivity index (χ3n) is 1.91. The van der Waals surface area contributed by atoms with Crippen LogP contribution in [0.4, 0.5) is 5.69 Å². The summed E-state index contributed by atoms with van der Waals surface area (Å²) in [5.74, 6) is 0. The fraction of sp³-hybridized carbons (Fsp3) is 0.400. The SMILES string of the molecule is CC(C)(C)c1ccc(N=O)c(Br)c1. The molecule has 0 saturated heterocycles. The zero-order valence-electron chi connectivity index (χ0n) is 7.97. The van der Waals surface area contributed by atoms with Crippen LogP contribution in [0.15, 0.2) is 27.8 Å². The second kappa shape index (κ2) is 3.58. The Morgan fingerprint density at radius 1 is 1.31 bits per heavy atom. The first-order chi connectivity index (χ1) is 5.95. The third kappa shape index (κ3) is 2.37. The molecule has 0 aliphatic carbocycles. The van der Waals surface area contributed by atoms with Crippen molar-refractivity contribution in [2.75, 3.05) is 0 Å². The number of hydrogen-bond acceptors (Lipinski definition) is 2. The quantitative estimate of drug-likeness (QED) is 0.680. The summed E-state index contributed by atoms with van der Waals surface area (Å²) in [4.78, 5) is 10.3. The van der Waals surface area contributed by atoms with Crippen molar-refractivity contribution < 1.29 is 0 Å². The van der Waals surface area contributed by atoms with Crippen LogP contribution in [0.25, 0.3) is 0 Å². The third-order valence-corrected chi connectivity index (χ3v) is 2.55. The Labute approximate surface area is 86.5 Å². The molecule has 0 aromatic heterocycles. The second-order valence-corrected chi connectivity index (χ2v) is 4.86. The van der Waals surface area contributed by atoms with E-state index in [2.05, 4.69) is 41.9 Å². The van der Waals surface area contributed by atoms with Crippen LogP contribution in [0.2, 0.25) is 0 Å². The van der Waals surface area contributed by atoms with Crippen molar-refractivity contribution in [1.29, 1.82) is 0 Å². The molecule has 2 nitrogen and oxygen atoms in total. The number of nitrogens with zero attached hydrogens (tertiary/aromatic N) is 1. The Kier molecular flexibility index (Phi) is 2.86. The van der Waals surface area contributed by atoms with Crippen molar-refractivity contribution in [1.82, 2.24) is 0 Å². The van der Waals surface area contributed by atoms with Crippen molar-refractivity contribution in [2.24, 2.45) is 5.18 Å². The molecule has 0 bridgehead atoms. The molecule has 3 heteroatoms. The van der Waals surface area contributed by atoms with Crippen molar-refractivity contribution in [3.8, 4) is 0 Å². The monoisotopic (exact) mass is 241 g/mol. The van der Waals surface area contributed by atoms with Crippen molar-refractivity contribution >= 4 is 21.6 Å². The van der Waals surface area contributed by atoms with E-state index in [0.717, 1.165) is 4.47 Å². The molecule has 0 N–H and O–H groups in total. The number of benzene rings is 1. The van der Waals surface area contributed by atoms with Crippen LogP contribution < -0.4 is 0 Å². The molecule has 0 aliphatic heterocycles. The van der Waals surface area contributed by atoms with Gasteiger partial charge in [-0.3, -0.25) is 0 Å². The number of hydrogen-bond donors (Lipinski definition) is 0. The molecule has 0 spiro atoms. The predicted molar refractivity (Wildman–Crippen MR) is 58.3 cm³/mol. The van der Waals surface area contributed by atoms with Crippen LogP contribution in [0.3, 0.4) is 0 Å². The highest BCUT2D eigenvalue weighted by atomic mass is 79.9. The van der Waals surface area contributed by atoms with Gasteiger partial charge in [0.2, 0.25) is 0 Å². The number of halogens is 1. The lowest BCUT2D eigenvalue weighted by atomic mass is 9.87. The van der Waals surface area contributed by atoms with E-state index in [1.165, 1.54) is 5.56 Å². The van der Waals surface area contributed by atoms with Gasteiger partial charge in [0.1, 0.15) is 5.69 Å². The maximum atomic E-state index is 10.3. The summed E-state index contributed by atoms with van der Waals surface area (Å²) in [6, 6.07) is 5.61. The molecule has 70 valence electrons. The van der Waals surface area contributed by atoms with Crippen molar-refractivity contribution in [3.05, 3.63) is 33.1 Å².